The Morgan fingerprint density at radius 3 is 2.62 bits per heavy atom. The lowest BCUT2D eigenvalue weighted by Gasteiger charge is -2.14. The highest BCUT2D eigenvalue weighted by atomic mass is 35.5. The lowest BCUT2D eigenvalue weighted by atomic mass is 10.1. The molecule has 0 unspecified atom stereocenters. The van der Waals surface area contributed by atoms with Crippen LogP contribution < -0.4 is 9.47 Å². The summed E-state index contributed by atoms with van der Waals surface area (Å²) in [6, 6.07) is 19.0. The van der Waals surface area contributed by atoms with E-state index in [2.05, 4.69) is 22.1 Å². The average Bonchev–Trinajstić information content (AvgIpc) is 3.24. The Balaban J connectivity index is 1.66. The van der Waals surface area contributed by atoms with Gasteiger partial charge in [-0.15, -0.1) is 0 Å². The van der Waals surface area contributed by atoms with Gasteiger partial charge in [0.05, 0.1) is 40.4 Å². The van der Waals surface area contributed by atoms with Gasteiger partial charge in [0.2, 0.25) is 0 Å². The van der Waals surface area contributed by atoms with E-state index in [4.69, 9.17) is 21.1 Å². The second-order valence-corrected chi connectivity index (χ2v) is 8.21. The molecule has 0 atom stereocenters. The van der Waals surface area contributed by atoms with Crippen LogP contribution in [0.2, 0.25) is 5.02 Å². The minimum Gasteiger partial charge on any atom is -0.493 e. The van der Waals surface area contributed by atoms with Crippen LogP contribution in [0.1, 0.15) is 33.6 Å². The standard InChI is InChI=1S/C27H21ClN4O2/c1-16-8-23-24(9-17(16)2)32-27(31-23)21(14-30)10-18-11-22(28)26(25(12-18)33-3)34-15-20-7-5-4-6-19(20)13-29/h4-12H,15H2,1-3H3,(H,31,32). The molecule has 1 aromatic heterocycles. The molecule has 34 heavy (non-hydrogen) atoms. The number of nitrogens with one attached hydrogen (secondary N) is 1. The number of rotatable bonds is 6. The zero-order valence-corrected chi connectivity index (χ0v) is 19.7. The van der Waals surface area contributed by atoms with Crippen molar-refractivity contribution in [3.05, 3.63) is 87.2 Å². The van der Waals surface area contributed by atoms with Crippen molar-refractivity contribution < 1.29 is 9.47 Å². The van der Waals surface area contributed by atoms with Gasteiger partial charge in [0.15, 0.2) is 11.5 Å². The summed E-state index contributed by atoms with van der Waals surface area (Å²) >= 11 is 6.52. The van der Waals surface area contributed by atoms with Crippen molar-refractivity contribution in [1.29, 1.82) is 10.5 Å². The number of hydrogen-bond donors (Lipinski definition) is 1. The number of imidazole rings is 1. The first-order valence-electron chi connectivity index (χ1n) is 10.5. The first-order chi connectivity index (χ1) is 16.4. The molecule has 0 aliphatic carbocycles. The number of H-pyrrole nitrogens is 1. The van der Waals surface area contributed by atoms with Crippen molar-refractivity contribution in [1.82, 2.24) is 9.97 Å². The third kappa shape index (κ3) is 4.59. The molecule has 0 saturated heterocycles. The predicted molar refractivity (Wildman–Crippen MR) is 133 cm³/mol. The van der Waals surface area contributed by atoms with Crippen LogP contribution in [0, 0.1) is 36.5 Å². The molecule has 1 N–H and O–H groups in total. The molecule has 7 heteroatoms. The summed E-state index contributed by atoms with van der Waals surface area (Å²) in [4.78, 5) is 7.80. The lowest BCUT2D eigenvalue weighted by molar-refractivity contribution is 0.284. The van der Waals surface area contributed by atoms with E-state index in [1.165, 1.54) is 7.11 Å². The van der Waals surface area contributed by atoms with E-state index >= 15 is 0 Å². The normalized spacial score (nSPS) is 11.2. The number of fused-ring (bicyclic) bond motifs is 1. The van der Waals surface area contributed by atoms with Crippen LogP contribution in [0.4, 0.5) is 0 Å². The zero-order chi connectivity index (χ0) is 24.2. The fourth-order valence-corrected chi connectivity index (χ4v) is 3.86. The van der Waals surface area contributed by atoms with Crippen LogP contribution in [-0.2, 0) is 6.61 Å². The topological polar surface area (TPSA) is 94.7 Å². The molecule has 0 bridgehead atoms. The molecule has 0 amide bonds. The highest BCUT2D eigenvalue weighted by molar-refractivity contribution is 6.32. The van der Waals surface area contributed by atoms with Gasteiger partial charge in [0.1, 0.15) is 18.5 Å². The Morgan fingerprint density at radius 2 is 1.88 bits per heavy atom. The number of ether oxygens (including phenoxy) is 2. The molecule has 168 valence electrons. The number of methoxy groups -OCH3 is 1. The Hall–Kier alpha value is -4.26. The van der Waals surface area contributed by atoms with Gasteiger partial charge in [0.25, 0.3) is 0 Å². The van der Waals surface area contributed by atoms with Gasteiger partial charge in [-0.1, -0.05) is 29.8 Å². The largest absolute Gasteiger partial charge is 0.493 e. The van der Waals surface area contributed by atoms with Crippen LogP contribution in [0.25, 0.3) is 22.7 Å². The van der Waals surface area contributed by atoms with Gasteiger partial charge in [-0.25, -0.2) is 4.98 Å². The summed E-state index contributed by atoms with van der Waals surface area (Å²) in [7, 11) is 1.52. The molecular weight excluding hydrogens is 448 g/mol. The van der Waals surface area contributed by atoms with Crippen LogP contribution in [-0.4, -0.2) is 17.1 Å². The summed E-state index contributed by atoms with van der Waals surface area (Å²) in [6.45, 7) is 4.23. The lowest BCUT2D eigenvalue weighted by Crippen LogP contribution is -2.01. The van der Waals surface area contributed by atoms with Crippen molar-refractivity contribution in [2.24, 2.45) is 0 Å². The van der Waals surface area contributed by atoms with E-state index < -0.39 is 0 Å². The van der Waals surface area contributed by atoms with E-state index in [-0.39, 0.29) is 6.61 Å². The van der Waals surface area contributed by atoms with Crippen molar-refractivity contribution in [2.75, 3.05) is 7.11 Å². The van der Waals surface area contributed by atoms with Crippen molar-refractivity contribution >= 4 is 34.3 Å². The first kappa shape index (κ1) is 22.9. The minimum atomic E-state index is 0.163. The maximum atomic E-state index is 9.79. The third-order valence-electron chi connectivity index (χ3n) is 5.55. The Bertz CT molecular complexity index is 1470. The zero-order valence-electron chi connectivity index (χ0n) is 18.9. The molecule has 3 aromatic carbocycles. The molecular formula is C27H21ClN4O2. The fourth-order valence-electron chi connectivity index (χ4n) is 3.59. The van der Waals surface area contributed by atoms with Crippen LogP contribution in [0.3, 0.4) is 0 Å². The van der Waals surface area contributed by atoms with Gasteiger partial charge in [-0.2, -0.15) is 10.5 Å². The molecule has 0 aliphatic heterocycles. The quantitative estimate of drug-likeness (QED) is 0.332. The van der Waals surface area contributed by atoms with Gasteiger partial charge in [-0.3, -0.25) is 0 Å². The maximum Gasteiger partial charge on any atom is 0.180 e. The first-order valence-corrected chi connectivity index (χ1v) is 10.9. The maximum absolute atomic E-state index is 9.79. The number of hydrogen-bond acceptors (Lipinski definition) is 5. The summed E-state index contributed by atoms with van der Waals surface area (Å²) < 4.78 is 11.4. The number of benzene rings is 3. The van der Waals surface area contributed by atoms with E-state index in [0.717, 1.165) is 27.7 Å². The van der Waals surface area contributed by atoms with Gasteiger partial charge in [-0.05, 0) is 66.9 Å². The number of aryl methyl sites for hydroxylation is 2. The van der Waals surface area contributed by atoms with E-state index in [9.17, 15) is 10.5 Å². The number of aromatic amines is 1. The Morgan fingerprint density at radius 1 is 1.12 bits per heavy atom. The second kappa shape index (κ2) is 9.70. The summed E-state index contributed by atoms with van der Waals surface area (Å²) in [5, 5.41) is 19.4. The molecule has 0 spiro atoms. The molecule has 6 nitrogen and oxygen atoms in total. The van der Waals surface area contributed by atoms with E-state index in [1.807, 2.05) is 38.1 Å². The fraction of sp³-hybridized carbons (Fsp3) is 0.148. The highest BCUT2D eigenvalue weighted by Gasteiger charge is 2.15. The van der Waals surface area contributed by atoms with Gasteiger partial charge < -0.3 is 14.5 Å². The molecule has 0 radical (unpaired) electrons. The Kier molecular flexibility index (Phi) is 6.54. The molecule has 0 fully saturated rings. The van der Waals surface area contributed by atoms with Crippen molar-refractivity contribution in [3.8, 4) is 23.6 Å². The Labute approximate surface area is 202 Å². The summed E-state index contributed by atoms with van der Waals surface area (Å²) in [6.07, 6.45) is 1.70. The van der Waals surface area contributed by atoms with Crippen molar-refractivity contribution in [2.45, 2.75) is 20.5 Å². The number of aromatic nitrogens is 2. The number of nitrogens with zero attached hydrogens (tertiary/aromatic N) is 3. The molecule has 4 aromatic rings. The number of allylic oxidation sites excluding steroid dienone is 1. The number of halogens is 1. The van der Waals surface area contributed by atoms with Crippen LogP contribution in [0.15, 0.2) is 48.5 Å². The minimum absolute atomic E-state index is 0.163. The highest BCUT2D eigenvalue weighted by Crippen LogP contribution is 2.38. The molecule has 4 rings (SSSR count). The van der Waals surface area contributed by atoms with E-state index in [1.54, 1.807) is 30.3 Å². The smallest absolute Gasteiger partial charge is 0.180 e. The summed E-state index contributed by atoms with van der Waals surface area (Å²) in [5.74, 6) is 1.26. The van der Waals surface area contributed by atoms with Gasteiger partial charge >= 0.3 is 0 Å². The van der Waals surface area contributed by atoms with Crippen molar-refractivity contribution in [3.63, 3.8) is 0 Å². The van der Waals surface area contributed by atoms with Crippen LogP contribution in [0.5, 0.6) is 11.5 Å². The monoisotopic (exact) mass is 468 g/mol. The van der Waals surface area contributed by atoms with E-state index in [0.29, 0.717) is 39.0 Å². The summed E-state index contributed by atoms with van der Waals surface area (Å²) in [5.41, 5.74) is 6.26. The van der Waals surface area contributed by atoms with Crippen LogP contribution >= 0.6 is 11.6 Å². The SMILES string of the molecule is COc1cc(C=C(C#N)c2nc3cc(C)c(C)cc3[nH]2)cc(Cl)c1OCc1ccccc1C#N. The molecule has 0 saturated carbocycles. The van der Waals surface area contributed by atoms with Gasteiger partial charge in [0, 0.05) is 5.56 Å². The average molecular weight is 469 g/mol. The number of nitriles is 2. The third-order valence-corrected chi connectivity index (χ3v) is 5.83. The second-order valence-electron chi connectivity index (χ2n) is 7.80. The molecule has 0 aliphatic rings. The predicted octanol–water partition coefficient (Wildman–Crippen LogP) is 6.36. The molecule has 1 heterocycles.